The highest BCUT2D eigenvalue weighted by atomic mass is 16.5. The predicted octanol–water partition coefficient (Wildman–Crippen LogP) is 4.70. The fourth-order valence-corrected chi connectivity index (χ4v) is 3.73. The number of nitrogens with one attached hydrogen (secondary N) is 1. The van der Waals surface area contributed by atoms with Gasteiger partial charge in [0.05, 0.1) is 19.2 Å². The number of aryl methyl sites for hydroxylation is 1. The second-order valence-corrected chi connectivity index (χ2v) is 7.50. The Morgan fingerprint density at radius 2 is 1.55 bits per heavy atom. The molecule has 0 saturated carbocycles. The van der Waals surface area contributed by atoms with E-state index in [9.17, 15) is 9.59 Å². The molecule has 0 radical (unpaired) electrons. The minimum atomic E-state index is -0.351. The van der Waals surface area contributed by atoms with Crippen LogP contribution in [0, 0.1) is 13.8 Å². The quantitative estimate of drug-likeness (QED) is 0.596. The number of imide groups is 1. The lowest BCUT2D eigenvalue weighted by Gasteiger charge is -2.17. The van der Waals surface area contributed by atoms with E-state index in [0.717, 1.165) is 22.4 Å². The number of benzene rings is 3. The summed E-state index contributed by atoms with van der Waals surface area (Å²) in [5.41, 5.74) is 5.09. The number of rotatable bonds is 6. The zero-order valence-corrected chi connectivity index (χ0v) is 17.8. The van der Waals surface area contributed by atoms with E-state index >= 15 is 0 Å². The molecule has 3 aromatic rings. The van der Waals surface area contributed by atoms with Gasteiger partial charge in [-0.3, -0.25) is 14.5 Å². The highest BCUT2D eigenvalue weighted by Gasteiger charge is 2.39. The van der Waals surface area contributed by atoms with E-state index in [2.05, 4.69) is 5.32 Å². The Morgan fingerprint density at radius 1 is 0.839 bits per heavy atom. The molecule has 0 saturated heterocycles. The second-order valence-electron chi connectivity index (χ2n) is 7.50. The van der Waals surface area contributed by atoms with Crippen LogP contribution in [0.25, 0.3) is 5.57 Å². The average molecular weight is 412 g/mol. The smallest absolute Gasteiger partial charge is 0.278 e. The molecule has 1 heterocycles. The lowest BCUT2D eigenvalue weighted by Crippen LogP contribution is -2.32. The van der Waals surface area contributed by atoms with E-state index in [4.69, 9.17) is 4.74 Å². The van der Waals surface area contributed by atoms with Crippen molar-refractivity contribution in [1.29, 1.82) is 0 Å². The molecule has 0 atom stereocenters. The van der Waals surface area contributed by atoms with Gasteiger partial charge in [-0.25, -0.2) is 0 Å². The van der Waals surface area contributed by atoms with Gasteiger partial charge in [-0.2, -0.15) is 0 Å². The van der Waals surface area contributed by atoms with Crippen LogP contribution >= 0.6 is 0 Å². The van der Waals surface area contributed by atoms with E-state index in [-0.39, 0.29) is 18.4 Å². The van der Waals surface area contributed by atoms with Crippen LogP contribution in [-0.2, 0) is 16.1 Å². The number of hydrogen-bond acceptors (Lipinski definition) is 4. The first kappa shape index (κ1) is 20.4. The molecule has 0 spiro atoms. The maximum Gasteiger partial charge on any atom is 0.278 e. The highest BCUT2D eigenvalue weighted by Crippen LogP contribution is 2.33. The topological polar surface area (TPSA) is 58.6 Å². The van der Waals surface area contributed by atoms with Gasteiger partial charge < -0.3 is 10.1 Å². The third kappa shape index (κ3) is 3.82. The minimum absolute atomic E-state index is 0.135. The third-order valence-corrected chi connectivity index (χ3v) is 5.62. The molecule has 5 heteroatoms. The van der Waals surface area contributed by atoms with E-state index in [1.165, 1.54) is 4.90 Å². The summed E-state index contributed by atoms with van der Waals surface area (Å²) in [5, 5.41) is 3.26. The third-order valence-electron chi connectivity index (χ3n) is 5.62. The summed E-state index contributed by atoms with van der Waals surface area (Å²) < 4.78 is 5.41. The first-order valence-electron chi connectivity index (χ1n) is 10.1. The van der Waals surface area contributed by atoms with Crippen molar-refractivity contribution in [1.82, 2.24) is 4.90 Å². The maximum absolute atomic E-state index is 13.4. The molecule has 0 bridgehead atoms. The van der Waals surface area contributed by atoms with Gasteiger partial charge in [0, 0.05) is 11.3 Å². The number of carbonyl (C=O) groups is 2. The standard InChI is InChI=1S/C26H24N2O3/c1-17-10-9-14-21(18(17)2)27-24-23(19-11-5-4-6-12-19)25(29)28(26(24)30)16-20-13-7-8-15-22(20)31-3/h4-15,27H,16H2,1-3H3. The van der Waals surface area contributed by atoms with Crippen molar-refractivity contribution in [2.75, 3.05) is 12.4 Å². The number of carbonyl (C=O) groups excluding carboxylic acids is 2. The van der Waals surface area contributed by atoms with Crippen LogP contribution in [0.2, 0.25) is 0 Å². The molecule has 31 heavy (non-hydrogen) atoms. The molecule has 0 aliphatic carbocycles. The summed E-state index contributed by atoms with van der Waals surface area (Å²) in [6, 6.07) is 22.6. The number of amides is 2. The Bertz CT molecular complexity index is 1180. The Balaban J connectivity index is 1.76. The maximum atomic E-state index is 13.4. The van der Waals surface area contributed by atoms with Crippen LogP contribution in [-0.4, -0.2) is 23.8 Å². The van der Waals surface area contributed by atoms with Crippen molar-refractivity contribution >= 4 is 23.1 Å². The SMILES string of the molecule is COc1ccccc1CN1C(=O)C(Nc2cccc(C)c2C)=C(c2ccccc2)C1=O. The summed E-state index contributed by atoms with van der Waals surface area (Å²) >= 11 is 0. The largest absolute Gasteiger partial charge is 0.496 e. The fourth-order valence-electron chi connectivity index (χ4n) is 3.73. The van der Waals surface area contributed by atoms with Crippen LogP contribution in [0.1, 0.15) is 22.3 Å². The van der Waals surface area contributed by atoms with Gasteiger partial charge in [0.15, 0.2) is 0 Å². The minimum Gasteiger partial charge on any atom is -0.496 e. The number of methoxy groups -OCH3 is 1. The lowest BCUT2D eigenvalue weighted by atomic mass is 10.0. The monoisotopic (exact) mass is 412 g/mol. The van der Waals surface area contributed by atoms with Crippen LogP contribution < -0.4 is 10.1 Å². The van der Waals surface area contributed by atoms with Gasteiger partial charge in [0.1, 0.15) is 11.4 Å². The van der Waals surface area contributed by atoms with Crippen LogP contribution in [0.15, 0.2) is 78.5 Å². The summed E-state index contributed by atoms with van der Waals surface area (Å²) in [6.07, 6.45) is 0. The van der Waals surface area contributed by atoms with E-state index in [1.54, 1.807) is 7.11 Å². The lowest BCUT2D eigenvalue weighted by molar-refractivity contribution is -0.137. The van der Waals surface area contributed by atoms with Gasteiger partial charge >= 0.3 is 0 Å². The normalized spacial score (nSPS) is 13.7. The van der Waals surface area contributed by atoms with E-state index in [0.29, 0.717) is 22.6 Å². The molecule has 0 aromatic heterocycles. The number of hydrogen-bond donors (Lipinski definition) is 1. The van der Waals surface area contributed by atoms with Crippen LogP contribution in [0.3, 0.4) is 0 Å². The molecule has 2 amide bonds. The van der Waals surface area contributed by atoms with Crippen LogP contribution in [0.4, 0.5) is 5.69 Å². The van der Waals surface area contributed by atoms with Gasteiger partial charge in [0.25, 0.3) is 11.8 Å². The van der Waals surface area contributed by atoms with Gasteiger partial charge in [0.2, 0.25) is 0 Å². The molecule has 1 N–H and O–H groups in total. The fraction of sp³-hybridized carbons (Fsp3) is 0.154. The summed E-state index contributed by atoms with van der Waals surface area (Å²) in [7, 11) is 1.58. The Kier molecular flexibility index (Phi) is 5.58. The molecule has 0 unspecified atom stereocenters. The van der Waals surface area contributed by atoms with Crippen molar-refractivity contribution in [3.8, 4) is 5.75 Å². The zero-order chi connectivity index (χ0) is 22.0. The first-order chi connectivity index (χ1) is 15.0. The molecule has 3 aromatic carbocycles. The van der Waals surface area contributed by atoms with Crippen molar-refractivity contribution in [2.24, 2.45) is 0 Å². The number of para-hydroxylation sites is 1. The number of nitrogens with zero attached hydrogens (tertiary/aromatic N) is 1. The molecular weight excluding hydrogens is 388 g/mol. The first-order valence-corrected chi connectivity index (χ1v) is 10.1. The van der Waals surface area contributed by atoms with Gasteiger partial charge in [-0.15, -0.1) is 0 Å². The Morgan fingerprint density at radius 3 is 2.29 bits per heavy atom. The molecule has 1 aliphatic rings. The average Bonchev–Trinajstić information content (AvgIpc) is 3.02. The molecule has 4 rings (SSSR count). The molecule has 1 aliphatic heterocycles. The van der Waals surface area contributed by atoms with Crippen molar-refractivity contribution < 1.29 is 14.3 Å². The van der Waals surface area contributed by atoms with E-state index < -0.39 is 0 Å². The Labute approximate surface area is 182 Å². The Hall–Kier alpha value is -3.86. The van der Waals surface area contributed by atoms with Gasteiger partial charge in [-0.1, -0.05) is 60.7 Å². The van der Waals surface area contributed by atoms with Gasteiger partial charge in [-0.05, 0) is 42.7 Å². The summed E-state index contributed by atoms with van der Waals surface area (Å²) in [4.78, 5) is 28.2. The number of ether oxygens (including phenoxy) is 1. The molecule has 156 valence electrons. The van der Waals surface area contributed by atoms with Crippen molar-refractivity contribution in [3.05, 3.63) is 101 Å². The van der Waals surface area contributed by atoms with Crippen molar-refractivity contribution in [2.45, 2.75) is 20.4 Å². The van der Waals surface area contributed by atoms with E-state index in [1.807, 2.05) is 86.6 Å². The summed E-state index contributed by atoms with van der Waals surface area (Å²) in [6.45, 7) is 4.15. The summed E-state index contributed by atoms with van der Waals surface area (Å²) in [5.74, 6) is -0.0362. The molecule has 0 fully saturated rings. The zero-order valence-electron chi connectivity index (χ0n) is 17.8. The molecule has 5 nitrogen and oxygen atoms in total. The molecular formula is C26H24N2O3. The predicted molar refractivity (Wildman–Crippen MR) is 121 cm³/mol. The van der Waals surface area contributed by atoms with Crippen LogP contribution in [0.5, 0.6) is 5.75 Å². The van der Waals surface area contributed by atoms with Crippen molar-refractivity contribution in [3.63, 3.8) is 0 Å². The second kappa shape index (κ2) is 8.48. The number of anilines is 1. The highest BCUT2D eigenvalue weighted by molar-refractivity contribution is 6.36.